The summed E-state index contributed by atoms with van der Waals surface area (Å²) in [7, 11) is -4.03. The third-order valence-electron chi connectivity index (χ3n) is 5.57. The molecule has 0 radical (unpaired) electrons. The second-order valence-corrected chi connectivity index (χ2v) is 10.0. The van der Waals surface area contributed by atoms with Crippen LogP contribution in [0.25, 0.3) is 0 Å². The van der Waals surface area contributed by atoms with Crippen molar-refractivity contribution in [2.45, 2.75) is 141 Å². The Kier molecular flexibility index (Phi) is 26.0. The minimum absolute atomic E-state index is 0. The van der Waals surface area contributed by atoms with Gasteiger partial charge in [0.25, 0.3) is 0 Å². The first-order chi connectivity index (χ1) is 13.5. The van der Waals surface area contributed by atoms with E-state index in [1.807, 2.05) is 0 Å². The summed E-state index contributed by atoms with van der Waals surface area (Å²) in [6.07, 6.45) is 23.2. The maximum absolute atomic E-state index is 10.5. The van der Waals surface area contributed by atoms with Crippen molar-refractivity contribution in [3.05, 3.63) is 0 Å². The van der Waals surface area contributed by atoms with E-state index in [1.165, 1.54) is 77.0 Å². The maximum atomic E-state index is 10.5. The minimum atomic E-state index is -4.03. The van der Waals surface area contributed by atoms with E-state index in [-0.39, 0.29) is 41.4 Å². The average molecular weight is 443 g/mol. The molecule has 29 heavy (non-hydrogen) atoms. The summed E-state index contributed by atoms with van der Waals surface area (Å²) in [6.45, 7) is 2.26. The van der Waals surface area contributed by atoms with Gasteiger partial charge in [-0.15, -0.1) is 0 Å². The van der Waals surface area contributed by atoms with Gasteiger partial charge in [-0.1, -0.05) is 116 Å². The molecule has 0 aromatic rings. The first-order valence-corrected chi connectivity index (χ1v) is 13.6. The fourth-order valence-electron chi connectivity index (χ4n) is 3.73. The third kappa shape index (κ3) is 28.9. The van der Waals surface area contributed by atoms with Crippen molar-refractivity contribution in [3.8, 4) is 0 Å². The second-order valence-electron chi connectivity index (χ2n) is 8.50. The molecule has 0 amide bonds. The average Bonchev–Trinajstić information content (AvgIpc) is 2.64. The molecule has 0 rings (SSSR count). The Balaban J connectivity index is 0. The summed E-state index contributed by atoms with van der Waals surface area (Å²) in [6, 6.07) is 0. The quantitative estimate of drug-likeness (QED) is 0.157. The Labute approximate surface area is 204 Å². The van der Waals surface area contributed by atoms with E-state index >= 15 is 0 Å². The normalized spacial score (nSPS) is 12.7. The van der Waals surface area contributed by atoms with Crippen molar-refractivity contribution in [1.29, 1.82) is 0 Å². The van der Waals surface area contributed by atoms with Gasteiger partial charge in [0.05, 0.1) is 16.2 Å². The minimum Gasteiger partial charge on any atom is -0.748 e. The van der Waals surface area contributed by atoms with Crippen molar-refractivity contribution >= 4 is 10.1 Å². The van der Waals surface area contributed by atoms with E-state index in [0.29, 0.717) is 6.42 Å². The zero-order chi connectivity index (χ0) is 20.9. The first kappa shape index (κ1) is 32.1. The molecule has 0 aliphatic heterocycles. The Morgan fingerprint density at radius 3 is 1.28 bits per heavy atom. The van der Waals surface area contributed by atoms with E-state index in [2.05, 4.69) is 6.92 Å². The molecule has 1 N–H and O–H groups in total. The van der Waals surface area contributed by atoms with Gasteiger partial charge in [0.15, 0.2) is 0 Å². The predicted octanol–water partition coefficient (Wildman–Crippen LogP) is 3.72. The zero-order valence-electron chi connectivity index (χ0n) is 19.5. The Bertz CT molecular complexity index is 415. The Hall–Kier alpha value is 0.870. The molecular formula is C23H47NaO4S. The predicted molar refractivity (Wildman–Crippen MR) is 119 cm³/mol. The maximum Gasteiger partial charge on any atom is 1.00 e. The molecule has 0 heterocycles. The molecule has 0 aromatic carbocycles. The molecule has 0 bridgehead atoms. The smallest absolute Gasteiger partial charge is 0.748 e. The summed E-state index contributed by atoms with van der Waals surface area (Å²) in [5.41, 5.74) is 0. The fourth-order valence-corrected chi connectivity index (χ4v) is 4.29. The zero-order valence-corrected chi connectivity index (χ0v) is 22.3. The molecule has 0 spiro atoms. The largest absolute Gasteiger partial charge is 1.00 e. The summed E-state index contributed by atoms with van der Waals surface area (Å²) in [5, 5.41) is 10.1. The van der Waals surface area contributed by atoms with Gasteiger partial charge in [0.2, 0.25) is 0 Å². The van der Waals surface area contributed by atoms with Crippen LogP contribution in [0.4, 0.5) is 0 Å². The van der Waals surface area contributed by atoms with Gasteiger partial charge >= 0.3 is 29.6 Å². The van der Waals surface area contributed by atoms with Gasteiger partial charge in [-0.05, 0) is 19.3 Å². The first-order valence-electron chi connectivity index (χ1n) is 12.1. The van der Waals surface area contributed by atoms with Crippen molar-refractivity contribution in [3.63, 3.8) is 0 Å². The van der Waals surface area contributed by atoms with Gasteiger partial charge in [-0.25, -0.2) is 8.42 Å². The Morgan fingerprint density at radius 2 is 0.931 bits per heavy atom. The molecule has 0 aliphatic carbocycles. The van der Waals surface area contributed by atoms with Crippen LogP contribution in [-0.2, 0) is 10.1 Å². The van der Waals surface area contributed by atoms with E-state index in [1.54, 1.807) is 0 Å². The molecule has 0 aliphatic rings. The molecular weight excluding hydrogens is 395 g/mol. The molecule has 0 aromatic heterocycles. The standard InChI is InChI=1S/C23H48O4S.Na/c1-2-3-4-5-6-7-8-11-14-17-20-23(24)21-18-15-12-9-10-13-16-19-22-28(25,26)27;/h23-24H,2-22H2,1H3,(H,25,26,27);/q;+1/p-1. The molecule has 170 valence electrons. The number of aliphatic hydroxyl groups excluding tert-OH is 1. The van der Waals surface area contributed by atoms with E-state index in [0.717, 1.165) is 44.9 Å². The Morgan fingerprint density at radius 1 is 0.621 bits per heavy atom. The van der Waals surface area contributed by atoms with Crippen LogP contribution in [0, 0.1) is 0 Å². The molecule has 0 saturated carbocycles. The van der Waals surface area contributed by atoms with Gasteiger partial charge in [-0.3, -0.25) is 0 Å². The van der Waals surface area contributed by atoms with Crippen LogP contribution in [0.1, 0.15) is 135 Å². The van der Waals surface area contributed by atoms with Crippen LogP contribution >= 0.6 is 0 Å². The van der Waals surface area contributed by atoms with Crippen molar-refractivity contribution in [2.75, 3.05) is 5.75 Å². The number of hydrogen-bond donors (Lipinski definition) is 1. The van der Waals surface area contributed by atoms with E-state index < -0.39 is 10.1 Å². The molecule has 6 heteroatoms. The van der Waals surface area contributed by atoms with Gasteiger partial charge in [0, 0.05) is 5.75 Å². The molecule has 1 atom stereocenters. The van der Waals surface area contributed by atoms with Gasteiger partial charge in [-0.2, -0.15) is 0 Å². The van der Waals surface area contributed by atoms with Crippen LogP contribution in [-0.4, -0.2) is 29.9 Å². The van der Waals surface area contributed by atoms with Crippen LogP contribution in [0.2, 0.25) is 0 Å². The van der Waals surface area contributed by atoms with E-state index in [4.69, 9.17) is 0 Å². The summed E-state index contributed by atoms with van der Waals surface area (Å²) < 4.78 is 31.4. The monoisotopic (exact) mass is 442 g/mol. The topological polar surface area (TPSA) is 77.4 Å². The van der Waals surface area contributed by atoms with Crippen molar-refractivity contribution < 1.29 is 47.6 Å². The molecule has 0 fully saturated rings. The van der Waals surface area contributed by atoms with Gasteiger partial charge < -0.3 is 9.66 Å². The van der Waals surface area contributed by atoms with Gasteiger partial charge in [0.1, 0.15) is 0 Å². The van der Waals surface area contributed by atoms with Crippen LogP contribution in [0.5, 0.6) is 0 Å². The summed E-state index contributed by atoms with van der Waals surface area (Å²) in [5.74, 6) is -0.218. The van der Waals surface area contributed by atoms with Crippen LogP contribution in [0.3, 0.4) is 0 Å². The van der Waals surface area contributed by atoms with Crippen LogP contribution < -0.4 is 29.6 Å². The second kappa shape index (κ2) is 23.5. The SMILES string of the molecule is CCCCCCCCCCCCC(O)CCCCCCCCCCS(=O)(=O)[O-].[Na+]. The van der Waals surface area contributed by atoms with E-state index in [9.17, 15) is 18.1 Å². The molecule has 4 nitrogen and oxygen atoms in total. The molecule has 0 saturated heterocycles. The summed E-state index contributed by atoms with van der Waals surface area (Å²) in [4.78, 5) is 0. The number of aliphatic hydroxyl groups is 1. The number of unbranched alkanes of at least 4 members (excludes halogenated alkanes) is 16. The van der Waals surface area contributed by atoms with Crippen LogP contribution in [0.15, 0.2) is 0 Å². The van der Waals surface area contributed by atoms with Crippen molar-refractivity contribution in [2.24, 2.45) is 0 Å². The number of rotatable bonds is 22. The molecule has 1 unspecified atom stereocenters. The number of hydrogen-bond acceptors (Lipinski definition) is 4. The van der Waals surface area contributed by atoms with Crippen molar-refractivity contribution in [1.82, 2.24) is 0 Å². The third-order valence-corrected chi connectivity index (χ3v) is 6.36. The fraction of sp³-hybridized carbons (Fsp3) is 1.00. The summed E-state index contributed by atoms with van der Waals surface area (Å²) >= 11 is 0.